The smallest absolute Gasteiger partial charge is 0.170 e. The molecule has 1 unspecified atom stereocenters. The number of para-hydroxylation sites is 2. The Morgan fingerprint density at radius 1 is 1.20 bits per heavy atom. The maximum Gasteiger partial charge on any atom is 0.170 e. The molecule has 0 saturated carbocycles. The highest BCUT2D eigenvalue weighted by Crippen LogP contribution is 2.28. The fourth-order valence-corrected chi connectivity index (χ4v) is 3.77. The van der Waals surface area contributed by atoms with Gasteiger partial charge in [0, 0.05) is 13.7 Å². The van der Waals surface area contributed by atoms with Gasteiger partial charge in [-0.25, -0.2) is 4.98 Å². The van der Waals surface area contributed by atoms with Crippen LogP contribution in [0.5, 0.6) is 0 Å². The van der Waals surface area contributed by atoms with Gasteiger partial charge in [0.1, 0.15) is 5.25 Å². The lowest BCUT2D eigenvalue weighted by atomic mass is 10.1. The first-order chi connectivity index (χ1) is 12.2. The van der Waals surface area contributed by atoms with Gasteiger partial charge in [-0.2, -0.15) is 5.26 Å². The Morgan fingerprint density at radius 2 is 1.96 bits per heavy atom. The SMILES string of the molecule is COCCn1c(SC(C#N)Cc2ccc(C)cc2)nc2ccccc21. The minimum atomic E-state index is -0.180. The van der Waals surface area contributed by atoms with E-state index in [2.05, 4.69) is 47.9 Å². The Morgan fingerprint density at radius 3 is 2.68 bits per heavy atom. The highest BCUT2D eigenvalue weighted by Gasteiger charge is 2.17. The molecule has 0 aliphatic rings. The van der Waals surface area contributed by atoms with E-state index < -0.39 is 0 Å². The number of benzene rings is 2. The standard InChI is InChI=1S/C20H21N3OS/c1-15-7-9-16(10-8-15)13-17(14-21)25-20-22-18-5-3-4-6-19(18)23(20)11-12-24-2/h3-10,17H,11-13H2,1-2H3. The Kier molecular flexibility index (Phi) is 5.75. The Labute approximate surface area is 152 Å². The molecule has 0 amide bonds. The molecule has 0 aliphatic carbocycles. The summed E-state index contributed by atoms with van der Waals surface area (Å²) in [6.45, 7) is 3.41. The van der Waals surface area contributed by atoms with Gasteiger partial charge in [0.05, 0.1) is 23.7 Å². The van der Waals surface area contributed by atoms with E-state index in [1.54, 1.807) is 7.11 Å². The number of aryl methyl sites for hydroxylation is 1. The molecule has 2 aromatic carbocycles. The Hall–Kier alpha value is -2.29. The van der Waals surface area contributed by atoms with E-state index in [1.807, 2.05) is 18.2 Å². The third-order valence-electron chi connectivity index (χ3n) is 4.07. The van der Waals surface area contributed by atoms with Crippen LogP contribution in [0.15, 0.2) is 53.7 Å². The van der Waals surface area contributed by atoms with Gasteiger partial charge in [-0.05, 0) is 31.0 Å². The average molecular weight is 351 g/mol. The largest absolute Gasteiger partial charge is 0.383 e. The van der Waals surface area contributed by atoms with E-state index in [-0.39, 0.29) is 5.25 Å². The Balaban J connectivity index is 1.84. The summed E-state index contributed by atoms with van der Waals surface area (Å²) in [6.07, 6.45) is 0.703. The van der Waals surface area contributed by atoms with Gasteiger partial charge < -0.3 is 9.30 Å². The van der Waals surface area contributed by atoms with Crippen LogP contribution in [0.2, 0.25) is 0 Å². The second-order valence-electron chi connectivity index (χ2n) is 5.95. The summed E-state index contributed by atoms with van der Waals surface area (Å²) in [5.74, 6) is 0. The predicted octanol–water partition coefficient (Wildman–Crippen LogP) is 4.22. The number of imidazole rings is 1. The maximum atomic E-state index is 9.61. The summed E-state index contributed by atoms with van der Waals surface area (Å²) in [5, 5.41) is 10.3. The van der Waals surface area contributed by atoms with Gasteiger partial charge in [0.2, 0.25) is 0 Å². The van der Waals surface area contributed by atoms with Gasteiger partial charge in [0.15, 0.2) is 5.16 Å². The van der Waals surface area contributed by atoms with Crippen molar-refractivity contribution < 1.29 is 4.74 Å². The first-order valence-corrected chi connectivity index (χ1v) is 9.15. The minimum absolute atomic E-state index is 0.180. The van der Waals surface area contributed by atoms with Gasteiger partial charge >= 0.3 is 0 Å². The van der Waals surface area contributed by atoms with Crippen molar-refractivity contribution in [3.63, 3.8) is 0 Å². The first-order valence-electron chi connectivity index (χ1n) is 8.27. The number of nitriles is 1. The monoisotopic (exact) mass is 351 g/mol. The van der Waals surface area contributed by atoms with Crippen molar-refractivity contribution in [2.45, 2.75) is 30.3 Å². The molecule has 3 rings (SSSR count). The average Bonchev–Trinajstić information content (AvgIpc) is 2.98. The van der Waals surface area contributed by atoms with E-state index >= 15 is 0 Å². The van der Waals surface area contributed by atoms with Crippen LogP contribution in [0.3, 0.4) is 0 Å². The lowest BCUT2D eigenvalue weighted by Gasteiger charge is -2.11. The van der Waals surface area contributed by atoms with E-state index in [1.165, 1.54) is 22.9 Å². The van der Waals surface area contributed by atoms with Crippen LogP contribution in [0, 0.1) is 18.3 Å². The fraction of sp³-hybridized carbons (Fsp3) is 0.300. The summed E-state index contributed by atoms with van der Waals surface area (Å²) in [6, 6.07) is 18.8. The number of methoxy groups -OCH3 is 1. The van der Waals surface area contributed by atoms with Crippen molar-refractivity contribution in [3.05, 3.63) is 59.7 Å². The summed E-state index contributed by atoms with van der Waals surface area (Å²) < 4.78 is 7.38. The molecule has 1 heterocycles. The molecule has 0 fully saturated rings. The van der Waals surface area contributed by atoms with Crippen LogP contribution < -0.4 is 0 Å². The van der Waals surface area contributed by atoms with Crippen molar-refractivity contribution in [3.8, 4) is 6.07 Å². The number of ether oxygens (including phenoxy) is 1. The number of rotatable bonds is 7. The van der Waals surface area contributed by atoms with Crippen LogP contribution in [0.25, 0.3) is 11.0 Å². The second-order valence-corrected chi connectivity index (χ2v) is 7.12. The van der Waals surface area contributed by atoms with E-state index in [0.717, 1.165) is 22.7 Å². The molecule has 0 radical (unpaired) electrons. The molecule has 3 aromatic rings. The molecule has 0 N–H and O–H groups in total. The van der Waals surface area contributed by atoms with Gasteiger partial charge in [-0.1, -0.05) is 53.7 Å². The first kappa shape index (κ1) is 17.5. The van der Waals surface area contributed by atoms with Crippen LogP contribution in [0.1, 0.15) is 11.1 Å². The summed E-state index contributed by atoms with van der Waals surface area (Å²) >= 11 is 1.53. The van der Waals surface area contributed by atoms with Crippen molar-refractivity contribution in [1.82, 2.24) is 9.55 Å². The zero-order valence-electron chi connectivity index (χ0n) is 14.5. The molecule has 1 aromatic heterocycles. The van der Waals surface area contributed by atoms with Crippen LogP contribution >= 0.6 is 11.8 Å². The third-order valence-corrected chi connectivity index (χ3v) is 5.15. The number of aromatic nitrogens is 2. The Bertz CT molecular complexity index is 880. The molecular formula is C20H21N3OS. The van der Waals surface area contributed by atoms with Gasteiger partial charge in [-0.15, -0.1) is 0 Å². The fourth-order valence-electron chi connectivity index (χ4n) is 2.72. The lowest BCUT2D eigenvalue weighted by Crippen LogP contribution is -2.09. The molecule has 5 heteroatoms. The van der Waals surface area contributed by atoms with Crippen molar-refractivity contribution in [2.75, 3.05) is 13.7 Å². The zero-order chi connectivity index (χ0) is 17.6. The third kappa shape index (κ3) is 4.22. The summed E-state index contributed by atoms with van der Waals surface area (Å²) in [7, 11) is 1.70. The topological polar surface area (TPSA) is 50.8 Å². The predicted molar refractivity (Wildman–Crippen MR) is 102 cm³/mol. The van der Waals surface area contributed by atoms with E-state index in [0.29, 0.717) is 13.0 Å². The maximum absolute atomic E-state index is 9.61. The number of thioether (sulfide) groups is 1. The van der Waals surface area contributed by atoms with Crippen molar-refractivity contribution in [1.29, 1.82) is 5.26 Å². The molecule has 25 heavy (non-hydrogen) atoms. The number of fused-ring (bicyclic) bond motifs is 1. The molecule has 0 spiro atoms. The van der Waals surface area contributed by atoms with Gasteiger partial charge in [0.25, 0.3) is 0 Å². The van der Waals surface area contributed by atoms with Crippen LogP contribution in [-0.4, -0.2) is 28.5 Å². The minimum Gasteiger partial charge on any atom is -0.383 e. The number of hydrogen-bond acceptors (Lipinski definition) is 4. The summed E-state index contributed by atoms with van der Waals surface area (Å²) in [5.41, 5.74) is 4.43. The molecular weight excluding hydrogens is 330 g/mol. The molecule has 1 atom stereocenters. The second kappa shape index (κ2) is 8.19. The van der Waals surface area contributed by atoms with Gasteiger partial charge in [-0.3, -0.25) is 0 Å². The molecule has 4 nitrogen and oxygen atoms in total. The van der Waals surface area contributed by atoms with E-state index in [9.17, 15) is 5.26 Å². The summed E-state index contributed by atoms with van der Waals surface area (Å²) in [4.78, 5) is 4.73. The molecule has 128 valence electrons. The number of hydrogen-bond donors (Lipinski definition) is 0. The molecule has 0 saturated heterocycles. The zero-order valence-corrected chi connectivity index (χ0v) is 15.3. The quantitative estimate of drug-likeness (QED) is 0.598. The van der Waals surface area contributed by atoms with E-state index in [4.69, 9.17) is 9.72 Å². The van der Waals surface area contributed by atoms with Crippen molar-refractivity contribution >= 4 is 22.8 Å². The van der Waals surface area contributed by atoms with Crippen LogP contribution in [0.4, 0.5) is 0 Å². The normalized spacial score (nSPS) is 12.2. The molecule has 0 aliphatic heterocycles. The molecule has 0 bridgehead atoms. The number of nitrogens with zero attached hydrogens (tertiary/aromatic N) is 3. The van der Waals surface area contributed by atoms with Crippen molar-refractivity contribution in [2.24, 2.45) is 0 Å². The highest BCUT2D eigenvalue weighted by atomic mass is 32.2. The lowest BCUT2D eigenvalue weighted by molar-refractivity contribution is 0.186. The highest BCUT2D eigenvalue weighted by molar-refractivity contribution is 8.00. The van der Waals surface area contributed by atoms with Crippen LogP contribution in [-0.2, 0) is 17.7 Å².